The number of nitrogens with two attached hydrogens (primary N) is 1. The first-order chi connectivity index (χ1) is 5.24. The van der Waals surface area contributed by atoms with Gasteiger partial charge in [-0.15, -0.1) is 0 Å². The normalized spacial score (nSPS) is 31.7. The molecule has 64 valence electrons. The van der Waals surface area contributed by atoms with Crippen LogP contribution in [0.1, 0.15) is 25.7 Å². The van der Waals surface area contributed by atoms with Crippen LogP contribution in [0.15, 0.2) is 12.3 Å². The van der Waals surface area contributed by atoms with E-state index in [9.17, 15) is 0 Å². The average Bonchev–Trinajstić information content (AvgIpc) is 2.05. The molecular formula is C9H17NO. The Morgan fingerprint density at radius 2 is 1.91 bits per heavy atom. The van der Waals surface area contributed by atoms with Gasteiger partial charge in [-0.3, -0.25) is 0 Å². The van der Waals surface area contributed by atoms with Crippen molar-refractivity contribution in [1.29, 1.82) is 0 Å². The quantitative estimate of drug-likeness (QED) is 0.597. The van der Waals surface area contributed by atoms with E-state index in [0.717, 1.165) is 32.2 Å². The molecule has 0 atom stereocenters. The summed E-state index contributed by atoms with van der Waals surface area (Å²) in [6, 6.07) is 0. The topological polar surface area (TPSA) is 46.2 Å². The minimum atomic E-state index is 0.345. The molecule has 1 aliphatic carbocycles. The third kappa shape index (κ3) is 2.22. The summed E-state index contributed by atoms with van der Waals surface area (Å²) >= 11 is 0. The van der Waals surface area contributed by atoms with Gasteiger partial charge in [-0.2, -0.15) is 0 Å². The van der Waals surface area contributed by atoms with Crippen molar-refractivity contribution in [2.75, 3.05) is 6.54 Å². The minimum absolute atomic E-state index is 0.345. The maximum absolute atomic E-state index is 9.11. The van der Waals surface area contributed by atoms with E-state index in [1.165, 1.54) is 0 Å². The van der Waals surface area contributed by atoms with E-state index in [1.54, 1.807) is 0 Å². The lowest BCUT2D eigenvalue weighted by molar-refractivity contribution is 0.240. The standard InChI is InChI=1S/C9H17NO/c1-7(11)9-4-2-8(6-10)3-5-9/h8-9,11H,1-6,10H2/t8-,9-. The molecule has 0 aliphatic heterocycles. The van der Waals surface area contributed by atoms with E-state index in [-0.39, 0.29) is 0 Å². The smallest absolute Gasteiger partial charge is 0.0881 e. The zero-order valence-corrected chi connectivity index (χ0v) is 6.92. The number of hydrogen-bond donors (Lipinski definition) is 2. The SMILES string of the molecule is C=C(O)[C@H]1CC[C@H](CN)CC1. The van der Waals surface area contributed by atoms with Crippen LogP contribution >= 0.6 is 0 Å². The third-order valence-electron chi connectivity index (χ3n) is 2.65. The van der Waals surface area contributed by atoms with Crippen molar-refractivity contribution >= 4 is 0 Å². The number of aliphatic hydroxyl groups is 1. The van der Waals surface area contributed by atoms with Crippen LogP contribution in [0.4, 0.5) is 0 Å². The van der Waals surface area contributed by atoms with Gasteiger partial charge in [0.05, 0.1) is 5.76 Å². The summed E-state index contributed by atoms with van der Waals surface area (Å²) in [7, 11) is 0. The van der Waals surface area contributed by atoms with Crippen LogP contribution in [-0.2, 0) is 0 Å². The van der Waals surface area contributed by atoms with Crippen LogP contribution in [0.25, 0.3) is 0 Å². The fourth-order valence-electron chi connectivity index (χ4n) is 1.73. The summed E-state index contributed by atoms with van der Waals surface area (Å²) in [5.41, 5.74) is 5.54. The first-order valence-corrected chi connectivity index (χ1v) is 4.32. The van der Waals surface area contributed by atoms with Gasteiger partial charge in [0, 0.05) is 5.92 Å². The number of allylic oxidation sites excluding steroid dienone is 1. The lowest BCUT2D eigenvalue weighted by atomic mass is 9.81. The van der Waals surface area contributed by atoms with E-state index in [2.05, 4.69) is 6.58 Å². The van der Waals surface area contributed by atoms with E-state index < -0.39 is 0 Å². The van der Waals surface area contributed by atoms with Gasteiger partial charge in [-0.1, -0.05) is 6.58 Å². The second-order valence-corrected chi connectivity index (χ2v) is 3.44. The molecule has 0 amide bonds. The number of rotatable bonds is 2. The fourth-order valence-corrected chi connectivity index (χ4v) is 1.73. The Hall–Kier alpha value is -0.500. The van der Waals surface area contributed by atoms with Crippen LogP contribution in [0, 0.1) is 11.8 Å². The lowest BCUT2D eigenvalue weighted by Gasteiger charge is -2.26. The highest BCUT2D eigenvalue weighted by atomic mass is 16.3. The summed E-state index contributed by atoms with van der Waals surface area (Å²) in [4.78, 5) is 0. The van der Waals surface area contributed by atoms with Crippen molar-refractivity contribution in [3.8, 4) is 0 Å². The van der Waals surface area contributed by atoms with E-state index in [0.29, 0.717) is 17.6 Å². The van der Waals surface area contributed by atoms with Crippen molar-refractivity contribution in [2.45, 2.75) is 25.7 Å². The Morgan fingerprint density at radius 3 is 2.27 bits per heavy atom. The molecule has 0 heterocycles. The maximum atomic E-state index is 9.11. The number of aliphatic hydroxyl groups excluding tert-OH is 1. The Labute approximate surface area is 68.1 Å². The highest BCUT2D eigenvalue weighted by molar-refractivity contribution is 4.91. The molecule has 3 N–H and O–H groups in total. The van der Waals surface area contributed by atoms with Gasteiger partial charge >= 0.3 is 0 Å². The summed E-state index contributed by atoms with van der Waals surface area (Å²) in [6.45, 7) is 4.35. The Balaban J connectivity index is 2.30. The van der Waals surface area contributed by atoms with Crippen molar-refractivity contribution in [1.82, 2.24) is 0 Å². The molecule has 0 saturated heterocycles. The fraction of sp³-hybridized carbons (Fsp3) is 0.778. The van der Waals surface area contributed by atoms with E-state index >= 15 is 0 Å². The molecule has 0 bridgehead atoms. The molecule has 1 aliphatic rings. The van der Waals surface area contributed by atoms with Gasteiger partial charge in [0.15, 0.2) is 0 Å². The van der Waals surface area contributed by atoms with Gasteiger partial charge in [0.1, 0.15) is 0 Å². The summed E-state index contributed by atoms with van der Waals surface area (Å²) in [5.74, 6) is 1.39. The number of hydrogen-bond acceptors (Lipinski definition) is 2. The van der Waals surface area contributed by atoms with Crippen LogP contribution in [0.5, 0.6) is 0 Å². The summed E-state index contributed by atoms with van der Waals surface area (Å²) in [5, 5.41) is 9.11. The van der Waals surface area contributed by atoms with E-state index in [4.69, 9.17) is 10.8 Å². The van der Waals surface area contributed by atoms with Crippen LogP contribution < -0.4 is 5.73 Å². The van der Waals surface area contributed by atoms with Crippen molar-refractivity contribution < 1.29 is 5.11 Å². The first kappa shape index (κ1) is 8.60. The Bertz CT molecular complexity index is 136. The molecule has 0 aromatic heterocycles. The molecule has 2 heteroatoms. The van der Waals surface area contributed by atoms with E-state index in [1.807, 2.05) is 0 Å². The molecule has 11 heavy (non-hydrogen) atoms. The van der Waals surface area contributed by atoms with Crippen LogP contribution in [0.2, 0.25) is 0 Å². The predicted octanol–water partition coefficient (Wildman–Crippen LogP) is 1.82. The molecule has 0 aromatic rings. The second kappa shape index (κ2) is 3.77. The first-order valence-electron chi connectivity index (χ1n) is 4.32. The highest BCUT2D eigenvalue weighted by Crippen LogP contribution is 2.30. The van der Waals surface area contributed by atoms with Crippen molar-refractivity contribution in [3.05, 3.63) is 12.3 Å². The third-order valence-corrected chi connectivity index (χ3v) is 2.65. The molecule has 0 unspecified atom stereocenters. The maximum Gasteiger partial charge on any atom is 0.0881 e. The molecular weight excluding hydrogens is 138 g/mol. The minimum Gasteiger partial charge on any atom is -0.513 e. The second-order valence-electron chi connectivity index (χ2n) is 3.44. The van der Waals surface area contributed by atoms with Gasteiger partial charge < -0.3 is 10.8 Å². The monoisotopic (exact) mass is 155 g/mol. The summed E-state index contributed by atoms with van der Waals surface area (Å²) in [6.07, 6.45) is 4.44. The summed E-state index contributed by atoms with van der Waals surface area (Å²) < 4.78 is 0. The van der Waals surface area contributed by atoms with Gasteiger partial charge in [0.2, 0.25) is 0 Å². The van der Waals surface area contributed by atoms with Crippen molar-refractivity contribution in [2.24, 2.45) is 17.6 Å². The Morgan fingerprint density at radius 1 is 1.36 bits per heavy atom. The molecule has 1 fully saturated rings. The molecule has 2 nitrogen and oxygen atoms in total. The highest BCUT2D eigenvalue weighted by Gasteiger charge is 2.21. The van der Waals surface area contributed by atoms with Crippen LogP contribution in [-0.4, -0.2) is 11.7 Å². The largest absolute Gasteiger partial charge is 0.513 e. The van der Waals surface area contributed by atoms with Crippen LogP contribution in [0.3, 0.4) is 0 Å². The molecule has 0 aromatic carbocycles. The zero-order valence-electron chi connectivity index (χ0n) is 6.92. The predicted molar refractivity (Wildman–Crippen MR) is 46.3 cm³/mol. The van der Waals surface area contributed by atoms with Crippen molar-refractivity contribution in [3.63, 3.8) is 0 Å². The molecule has 1 saturated carbocycles. The molecule has 1 rings (SSSR count). The Kier molecular flexibility index (Phi) is 2.94. The van der Waals surface area contributed by atoms with Gasteiger partial charge in [-0.05, 0) is 38.1 Å². The van der Waals surface area contributed by atoms with Gasteiger partial charge in [-0.25, -0.2) is 0 Å². The lowest BCUT2D eigenvalue weighted by Crippen LogP contribution is -2.21. The van der Waals surface area contributed by atoms with Gasteiger partial charge in [0.25, 0.3) is 0 Å². The molecule has 0 radical (unpaired) electrons. The molecule has 0 spiro atoms. The zero-order chi connectivity index (χ0) is 8.27. The average molecular weight is 155 g/mol.